The molecule has 104 valence electrons. The van der Waals surface area contributed by atoms with E-state index in [1.54, 1.807) is 13.2 Å². The van der Waals surface area contributed by atoms with E-state index in [2.05, 4.69) is 24.0 Å². The van der Waals surface area contributed by atoms with Gasteiger partial charge in [0, 0.05) is 13.0 Å². The fourth-order valence-electron chi connectivity index (χ4n) is 2.18. The first-order valence-corrected chi connectivity index (χ1v) is 6.68. The number of benzene rings is 2. The van der Waals surface area contributed by atoms with Crippen molar-refractivity contribution < 1.29 is 9.53 Å². The Hall–Kier alpha value is -2.29. The molecule has 0 aliphatic rings. The molecule has 1 amide bonds. The molecule has 2 aromatic rings. The molecule has 3 nitrogen and oxygen atoms in total. The topological polar surface area (TPSA) is 38.3 Å². The third-order valence-corrected chi connectivity index (χ3v) is 3.24. The fraction of sp³-hybridized carbons (Fsp3) is 0.235. The molecule has 0 spiro atoms. The Balaban J connectivity index is 2.16. The van der Waals surface area contributed by atoms with E-state index in [0.29, 0.717) is 19.4 Å². The van der Waals surface area contributed by atoms with Crippen molar-refractivity contribution in [3.8, 4) is 5.75 Å². The minimum atomic E-state index is 0.0461. The number of methoxy groups -OCH3 is 1. The highest BCUT2D eigenvalue weighted by atomic mass is 16.5. The van der Waals surface area contributed by atoms with E-state index in [9.17, 15) is 4.79 Å². The maximum atomic E-state index is 11.7. The molecule has 2 aromatic carbocycles. The van der Waals surface area contributed by atoms with Crippen molar-refractivity contribution in [1.29, 1.82) is 0 Å². The summed E-state index contributed by atoms with van der Waals surface area (Å²) in [6, 6.07) is 12.1. The third kappa shape index (κ3) is 3.38. The summed E-state index contributed by atoms with van der Waals surface area (Å²) in [7, 11) is 1.66. The van der Waals surface area contributed by atoms with Crippen LogP contribution in [0.25, 0.3) is 10.8 Å². The number of nitrogens with one attached hydrogen (secondary N) is 1. The molecule has 3 heteroatoms. The molecule has 2 rings (SSSR count). The van der Waals surface area contributed by atoms with Crippen molar-refractivity contribution in [2.75, 3.05) is 13.7 Å². The number of hydrogen-bond acceptors (Lipinski definition) is 2. The van der Waals surface area contributed by atoms with E-state index < -0.39 is 0 Å². The maximum Gasteiger partial charge on any atom is 0.220 e. The fourth-order valence-corrected chi connectivity index (χ4v) is 2.18. The molecule has 0 saturated carbocycles. The van der Waals surface area contributed by atoms with Crippen molar-refractivity contribution in [2.45, 2.75) is 12.8 Å². The van der Waals surface area contributed by atoms with Crippen LogP contribution in [-0.2, 0) is 11.2 Å². The van der Waals surface area contributed by atoms with Gasteiger partial charge < -0.3 is 10.1 Å². The van der Waals surface area contributed by atoms with Crippen LogP contribution in [0.2, 0.25) is 0 Å². The van der Waals surface area contributed by atoms with Gasteiger partial charge in [-0.1, -0.05) is 30.3 Å². The molecule has 0 atom stereocenters. The molecule has 0 unspecified atom stereocenters. The van der Waals surface area contributed by atoms with Gasteiger partial charge in [-0.05, 0) is 34.9 Å². The van der Waals surface area contributed by atoms with E-state index >= 15 is 0 Å². The van der Waals surface area contributed by atoms with Gasteiger partial charge in [0.15, 0.2) is 0 Å². The molecule has 0 fully saturated rings. The number of carbonyl (C=O) groups is 1. The van der Waals surface area contributed by atoms with E-state index in [1.807, 2.05) is 24.3 Å². The number of ether oxygens (including phenoxy) is 1. The largest absolute Gasteiger partial charge is 0.497 e. The number of hydrogen-bond donors (Lipinski definition) is 1. The molecule has 0 aromatic heterocycles. The van der Waals surface area contributed by atoms with Crippen molar-refractivity contribution in [1.82, 2.24) is 5.32 Å². The van der Waals surface area contributed by atoms with E-state index in [-0.39, 0.29) is 5.91 Å². The molecular weight excluding hydrogens is 250 g/mol. The first-order valence-electron chi connectivity index (χ1n) is 6.68. The average molecular weight is 269 g/mol. The van der Waals surface area contributed by atoms with Crippen LogP contribution in [-0.4, -0.2) is 19.6 Å². The van der Waals surface area contributed by atoms with Crippen LogP contribution in [0.4, 0.5) is 0 Å². The standard InChI is InChI=1S/C17H19NO2/c1-3-11-18-17(19)10-8-14-6-4-5-13-7-9-15(20-2)12-16(13)14/h3-7,9,12H,1,8,10-11H2,2H3,(H,18,19). The summed E-state index contributed by atoms with van der Waals surface area (Å²) in [6.07, 6.45) is 2.87. The summed E-state index contributed by atoms with van der Waals surface area (Å²) in [5.74, 6) is 0.880. The van der Waals surface area contributed by atoms with Gasteiger partial charge in [0.2, 0.25) is 5.91 Å². The van der Waals surface area contributed by atoms with Crippen LogP contribution in [0.1, 0.15) is 12.0 Å². The second kappa shape index (κ2) is 6.75. The first-order chi connectivity index (χ1) is 9.74. The lowest BCUT2D eigenvalue weighted by molar-refractivity contribution is -0.120. The second-order valence-corrected chi connectivity index (χ2v) is 4.60. The molecule has 0 aliphatic heterocycles. The van der Waals surface area contributed by atoms with Gasteiger partial charge in [-0.2, -0.15) is 0 Å². The van der Waals surface area contributed by atoms with Crippen LogP contribution in [0.15, 0.2) is 49.1 Å². The van der Waals surface area contributed by atoms with Crippen molar-refractivity contribution in [3.05, 3.63) is 54.6 Å². The number of amides is 1. The third-order valence-electron chi connectivity index (χ3n) is 3.24. The summed E-state index contributed by atoms with van der Waals surface area (Å²) < 4.78 is 5.27. The Kier molecular flexibility index (Phi) is 4.77. The Morgan fingerprint density at radius 1 is 1.35 bits per heavy atom. The van der Waals surface area contributed by atoms with Gasteiger partial charge in [-0.3, -0.25) is 4.79 Å². The molecular formula is C17H19NO2. The minimum Gasteiger partial charge on any atom is -0.497 e. The molecule has 0 radical (unpaired) electrons. The Labute approximate surface area is 119 Å². The zero-order valence-electron chi connectivity index (χ0n) is 11.7. The Bertz CT molecular complexity index is 619. The average Bonchev–Trinajstić information content (AvgIpc) is 2.50. The summed E-state index contributed by atoms with van der Waals surface area (Å²) in [5, 5.41) is 5.10. The lowest BCUT2D eigenvalue weighted by Crippen LogP contribution is -2.23. The highest BCUT2D eigenvalue weighted by molar-refractivity contribution is 5.87. The molecule has 20 heavy (non-hydrogen) atoms. The predicted molar refractivity (Wildman–Crippen MR) is 82.0 cm³/mol. The molecule has 0 heterocycles. The summed E-state index contributed by atoms with van der Waals surface area (Å²) >= 11 is 0. The van der Waals surface area contributed by atoms with Crippen molar-refractivity contribution in [2.24, 2.45) is 0 Å². The molecule has 0 saturated heterocycles. The molecule has 1 N–H and O–H groups in total. The minimum absolute atomic E-state index is 0.0461. The van der Waals surface area contributed by atoms with Crippen LogP contribution < -0.4 is 10.1 Å². The second-order valence-electron chi connectivity index (χ2n) is 4.60. The van der Waals surface area contributed by atoms with E-state index in [4.69, 9.17) is 4.74 Å². The molecule has 0 aliphatic carbocycles. The first kappa shape index (κ1) is 14.1. The summed E-state index contributed by atoms with van der Waals surface area (Å²) in [6.45, 7) is 4.10. The van der Waals surface area contributed by atoms with Gasteiger partial charge in [-0.25, -0.2) is 0 Å². The summed E-state index contributed by atoms with van der Waals surface area (Å²) in [5.41, 5.74) is 1.16. The highest BCUT2D eigenvalue weighted by Gasteiger charge is 2.05. The number of carbonyl (C=O) groups excluding carboxylic acids is 1. The van der Waals surface area contributed by atoms with Gasteiger partial charge in [0.05, 0.1) is 7.11 Å². The van der Waals surface area contributed by atoms with Crippen LogP contribution in [0.5, 0.6) is 5.75 Å². The maximum absolute atomic E-state index is 11.7. The van der Waals surface area contributed by atoms with E-state index in [0.717, 1.165) is 22.1 Å². The van der Waals surface area contributed by atoms with Crippen LogP contribution in [0.3, 0.4) is 0 Å². The van der Waals surface area contributed by atoms with Gasteiger partial charge >= 0.3 is 0 Å². The van der Waals surface area contributed by atoms with Gasteiger partial charge in [0.1, 0.15) is 5.75 Å². The van der Waals surface area contributed by atoms with Gasteiger partial charge in [-0.15, -0.1) is 6.58 Å². The molecule has 0 bridgehead atoms. The Morgan fingerprint density at radius 3 is 2.95 bits per heavy atom. The lowest BCUT2D eigenvalue weighted by Gasteiger charge is -2.08. The smallest absolute Gasteiger partial charge is 0.220 e. The quantitative estimate of drug-likeness (QED) is 0.818. The van der Waals surface area contributed by atoms with Crippen LogP contribution >= 0.6 is 0 Å². The number of fused-ring (bicyclic) bond motifs is 1. The summed E-state index contributed by atoms with van der Waals surface area (Å²) in [4.78, 5) is 11.7. The monoisotopic (exact) mass is 269 g/mol. The van der Waals surface area contributed by atoms with Gasteiger partial charge in [0.25, 0.3) is 0 Å². The zero-order chi connectivity index (χ0) is 14.4. The normalized spacial score (nSPS) is 10.2. The SMILES string of the molecule is C=CCNC(=O)CCc1cccc2ccc(OC)cc12. The zero-order valence-corrected chi connectivity index (χ0v) is 11.7. The van der Waals surface area contributed by atoms with Crippen molar-refractivity contribution >= 4 is 16.7 Å². The highest BCUT2D eigenvalue weighted by Crippen LogP contribution is 2.24. The van der Waals surface area contributed by atoms with Crippen molar-refractivity contribution in [3.63, 3.8) is 0 Å². The van der Waals surface area contributed by atoms with E-state index in [1.165, 1.54) is 0 Å². The lowest BCUT2D eigenvalue weighted by atomic mass is 10.0. The Morgan fingerprint density at radius 2 is 2.20 bits per heavy atom. The number of rotatable bonds is 6. The predicted octanol–water partition coefficient (Wildman–Crippen LogP) is 3.08. The van der Waals surface area contributed by atoms with Crippen LogP contribution in [0, 0.1) is 0 Å². The number of aryl methyl sites for hydroxylation is 1.